The van der Waals surface area contributed by atoms with Crippen LogP contribution in [0.4, 0.5) is 0 Å². The van der Waals surface area contributed by atoms with Crippen LogP contribution in [0.25, 0.3) is 11.4 Å². The molecule has 6 nitrogen and oxygen atoms in total. The van der Waals surface area contributed by atoms with Crippen LogP contribution in [0.3, 0.4) is 0 Å². The van der Waals surface area contributed by atoms with Gasteiger partial charge in [-0.2, -0.15) is 4.98 Å². The Morgan fingerprint density at radius 1 is 1.04 bits per heavy atom. The summed E-state index contributed by atoms with van der Waals surface area (Å²) in [6.45, 7) is 8.29. The van der Waals surface area contributed by atoms with Gasteiger partial charge in [-0.05, 0) is 42.3 Å². The maximum atomic E-state index is 12.7. The lowest BCUT2D eigenvalue weighted by atomic mass is 10.0. The molecule has 0 aliphatic carbocycles. The molecule has 0 saturated heterocycles. The van der Waals surface area contributed by atoms with Crippen molar-refractivity contribution in [3.05, 3.63) is 60.2 Å². The molecule has 7 heteroatoms. The van der Waals surface area contributed by atoms with Crippen LogP contribution in [0.15, 0.2) is 58.2 Å². The molecule has 3 aromatic rings. The Balaban J connectivity index is 1.74. The minimum absolute atomic E-state index is 0.0884. The van der Waals surface area contributed by atoms with Gasteiger partial charge in [0.2, 0.25) is 11.7 Å². The second-order valence-corrected chi connectivity index (χ2v) is 8.73. The predicted molar refractivity (Wildman–Crippen MR) is 110 cm³/mol. The number of nitrogens with zero attached hydrogens (tertiary/aromatic N) is 3. The van der Waals surface area contributed by atoms with Gasteiger partial charge in [-0.1, -0.05) is 32.9 Å². The second-order valence-electron chi connectivity index (χ2n) is 7.08. The van der Waals surface area contributed by atoms with E-state index in [0.717, 1.165) is 10.5 Å². The number of pyridine rings is 1. The summed E-state index contributed by atoms with van der Waals surface area (Å²) in [7, 11) is 0. The Morgan fingerprint density at radius 2 is 1.71 bits per heavy atom. The summed E-state index contributed by atoms with van der Waals surface area (Å²) in [5, 5.41) is 7.56. The van der Waals surface area contributed by atoms with Crippen molar-refractivity contribution in [2.45, 2.75) is 43.9 Å². The zero-order chi connectivity index (χ0) is 20.1. The van der Waals surface area contributed by atoms with Gasteiger partial charge in [0.1, 0.15) is 6.04 Å². The summed E-state index contributed by atoms with van der Waals surface area (Å²) < 4.78 is 5.44. The Kier molecular flexibility index (Phi) is 6.46. The Labute approximate surface area is 169 Å². The normalized spacial score (nSPS) is 12.4. The van der Waals surface area contributed by atoms with Crippen molar-refractivity contribution < 1.29 is 9.32 Å². The summed E-state index contributed by atoms with van der Waals surface area (Å²) >= 11 is 1.77. The lowest BCUT2D eigenvalue weighted by molar-refractivity contribution is 0.0914. The third-order valence-electron chi connectivity index (χ3n) is 4.09. The molecule has 1 unspecified atom stereocenters. The lowest BCUT2D eigenvalue weighted by Crippen LogP contribution is -2.32. The summed E-state index contributed by atoms with van der Waals surface area (Å²) in [5.41, 5.74) is 1.42. The van der Waals surface area contributed by atoms with E-state index in [2.05, 4.69) is 34.3 Å². The molecule has 0 saturated carbocycles. The van der Waals surface area contributed by atoms with Gasteiger partial charge in [-0.25, -0.2) is 0 Å². The number of hydrogen-bond acceptors (Lipinski definition) is 6. The van der Waals surface area contributed by atoms with E-state index in [1.54, 1.807) is 24.2 Å². The Morgan fingerprint density at radius 3 is 2.32 bits per heavy atom. The van der Waals surface area contributed by atoms with Gasteiger partial charge >= 0.3 is 0 Å². The summed E-state index contributed by atoms with van der Waals surface area (Å²) in [6, 6.07) is 10.9. The standard InChI is InChI=1S/C21H24N4O2S/c1-13(2)18(21-24-19(25-27-21)15-9-11-22-12-10-15)23-20(26)16-5-7-17(8-6-16)28-14(3)4/h5-14,18H,1-4H3,(H,23,26). The highest BCUT2D eigenvalue weighted by Crippen LogP contribution is 2.25. The highest BCUT2D eigenvalue weighted by molar-refractivity contribution is 7.99. The lowest BCUT2D eigenvalue weighted by Gasteiger charge is -2.18. The topological polar surface area (TPSA) is 80.9 Å². The van der Waals surface area contributed by atoms with Crippen LogP contribution < -0.4 is 5.32 Å². The van der Waals surface area contributed by atoms with E-state index in [0.29, 0.717) is 22.5 Å². The number of carbonyl (C=O) groups excluding carboxylic acids is 1. The molecule has 3 rings (SSSR count). The number of thioether (sulfide) groups is 1. The average molecular weight is 397 g/mol. The molecule has 2 aromatic heterocycles. The van der Waals surface area contributed by atoms with Crippen LogP contribution >= 0.6 is 11.8 Å². The van der Waals surface area contributed by atoms with E-state index >= 15 is 0 Å². The minimum Gasteiger partial charge on any atom is -0.340 e. The van der Waals surface area contributed by atoms with E-state index in [1.165, 1.54) is 0 Å². The van der Waals surface area contributed by atoms with Crippen LogP contribution in [0.1, 0.15) is 50.0 Å². The minimum atomic E-state index is -0.375. The molecule has 1 N–H and O–H groups in total. The van der Waals surface area contributed by atoms with Crippen LogP contribution in [0, 0.1) is 5.92 Å². The van der Waals surface area contributed by atoms with Gasteiger partial charge in [-0.15, -0.1) is 11.8 Å². The number of rotatable bonds is 7. The number of carbonyl (C=O) groups is 1. The highest BCUT2D eigenvalue weighted by atomic mass is 32.2. The first kappa shape index (κ1) is 20.1. The van der Waals surface area contributed by atoms with Crippen molar-refractivity contribution in [3.8, 4) is 11.4 Å². The maximum absolute atomic E-state index is 12.7. The van der Waals surface area contributed by atoms with E-state index in [9.17, 15) is 4.79 Å². The molecular formula is C21H24N4O2S. The third-order valence-corrected chi connectivity index (χ3v) is 5.10. The SMILES string of the molecule is CC(C)Sc1ccc(C(=O)NC(c2nc(-c3ccncc3)no2)C(C)C)cc1. The molecule has 1 aromatic carbocycles. The van der Waals surface area contributed by atoms with Crippen LogP contribution in [-0.4, -0.2) is 26.3 Å². The first-order valence-electron chi connectivity index (χ1n) is 9.25. The first-order chi connectivity index (χ1) is 13.4. The van der Waals surface area contributed by atoms with Crippen molar-refractivity contribution in [2.75, 3.05) is 0 Å². The average Bonchev–Trinajstić information content (AvgIpc) is 3.16. The van der Waals surface area contributed by atoms with Crippen LogP contribution in [0.5, 0.6) is 0 Å². The van der Waals surface area contributed by atoms with Crippen molar-refractivity contribution in [1.29, 1.82) is 0 Å². The number of benzene rings is 1. The van der Waals surface area contributed by atoms with Gasteiger partial charge in [0.15, 0.2) is 0 Å². The van der Waals surface area contributed by atoms with Crippen molar-refractivity contribution >= 4 is 17.7 Å². The zero-order valence-electron chi connectivity index (χ0n) is 16.4. The summed E-state index contributed by atoms with van der Waals surface area (Å²) in [4.78, 5) is 22.3. The number of hydrogen-bond donors (Lipinski definition) is 1. The molecular weight excluding hydrogens is 372 g/mol. The molecule has 0 aliphatic heterocycles. The molecule has 1 amide bonds. The van der Waals surface area contributed by atoms with Gasteiger partial charge in [0.05, 0.1) is 0 Å². The van der Waals surface area contributed by atoms with E-state index in [1.807, 2.05) is 50.2 Å². The smallest absolute Gasteiger partial charge is 0.251 e. The second kappa shape index (κ2) is 9.01. The number of nitrogens with one attached hydrogen (secondary N) is 1. The number of aromatic nitrogens is 3. The molecule has 0 radical (unpaired) electrons. The predicted octanol–water partition coefficient (Wildman–Crippen LogP) is 4.76. The largest absolute Gasteiger partial charge is 0.340 e. The van der Waals surface area contributed by atoms with E-state index in [4.69, 9.17) is 4.52 Å². The third kappa shape index (κ3) is 4.98. The first-order valence-corrected chi connectivity index (χ1v) is 10.1. The zero-order valence-corrected chi connectivity index (χ0v) is 17.2. The van der Waals surface area contributed by atoms with E-state index < -0.39 is 0 Å². The summed E-state index contributed by atoms with van der Waals surface area (Å²) in [5.74, 6) is 0.795. The fourth-order valence-electron chi connectivity index (χ4n) is 2.67. The molecule has 0 bridgehead atoms. The van der Waals surface area contributed by atoms with Gasteiger partial charge in [0.25, 0.3) is 5.91 Å². The maximum Gasteiger partial charge on any atom is 0.251 e. The fourth-order valence-corrected chi connectivity index (χ4v) is 3.51. The molecule has 0 fully saturated rings. The van der Waals surface area contributed by atoms with Gasteiger partial charge < -0.3 is 9.84 Å². The van der Waals surface area contributed by atoms with Crippen molar-refractivity contribution in [2.24, 2.45) is 5.92 Å². The van der Waals surface area contributed by atoms with E-state index in [-0.39, 0.29) is 17.9 Å². The van der Waals surface area contributed by atoms with Gasteiger partial charge in [-0.3, -0.25) is 9.78 Å². The monoisotopic (exact) mass is 396 g/mol. The van der Waals surface area contributed by atoms with Crippen molar-refractivity contribution in [1.82, 2.24) is 20.4 Å². The van der Waals surface area contributed by atoms with Gasteiger partial charge in [0, 0.05) is 33.7 Å². The molecule has 146 valence electrons. The van der Waals surface area contributed by atoms with Crippen molar-refractivity contribution in [3.63, 3.8) is 0 Å². The quantitative estimate of drug-likeness (QED) is 0.580. The number of amides is 1. The summed E-state index contributed by atoms with van der Waals surface area (Å²) in [6.07, 6.45) is 3.35. The van der Waals surface area contributed by atoms with Crippen LogP contribution in [-0.2, 0) is 0 Å². The molecule has 0 aliphatic rings. The Hall–Kier alpha value is -2.67. The highest BCUT2D eigenvalue weighted by Gasteiger charge is 2.25. The molecule has 28 heavy (non-hydrogen) atoms. The molecule has 2 heterocycles. The Bertz CT molecular complexity index is 908. The molecule has 1 atom stereocenters. The fraction of sp³-hybridized carbons (Fsp3) is 0.333. The molecule has 0 spiro atoms. The van der Waals surface area contributed by atoms with Crippen LogP contribution in [0.2, 0.25) is 0 Å².